The second-order valence-corrected chi connectivity index (χ2v) is 4.86. The smallest absolute Gasteiger partial charge is 0.409 e. The summed E-state index contributed by atoms with van der Waals surface area (Å²) in [5, 5.41) is 2.56. The maximum atomic E-state index is 11.4. The van der Waals surface area contributed by atoms with Crippen molar-refractivity contribution >= 4 is 17.7 Å². The van der Waals surface area contributed by atoms with E-state index in [4.69, 9.17) is 16.3 Å². The molecule has 0 bridgehead atoms. The number of carbonyl (C=O) groups excluding carboxylic acids is 1. The highest BCUT2D eigenvalue weighted by molar-refractivity contribution is 6.21. The van der Waals surface area contributed by atoms with Crippen molar-refractivity contribution in [2.24, 2.45) is 0 Å². The van der Waals surface area contributed by atoms with E-state index < -0.39 is 17.2 Å². The van der Waals surface area contributed by atoms with Crippen molar-refractivity contribution in [3.8, 4) is 0 Å². The summed E-state index contributed by atoms with van der Waals surface area (Å²) in [4.78, 5) is 11.4. The Balaban J connectivity index is 2.52. The van der Waals surface area contributed by atoms with E-state index >= 15 is 0 Å². The van der Waals surface area contributed by atoms with Crippen molar-refractivity contribution in [3.63, 3.8) is 0 Å². The first-order valence-electron chi connectivity index (χ1n) is 5.07. The molecule has 4 heteroatoms. The van der Waals surface area contributed by atoms with Crippen LogP contribution >= 0.6 is 11.6 Å². The van der Waals surface area contributed by atoms with Gasteiger partial charge in [-0.15, -0.1) is 0 Å². The summed E-state index contributed by atoms with van der Waals surface area (Å²) in [5.41, 5.74) is -0.261. The van der Waals surface area contributed by atoms with Gasteiger partial charge in [0.2, 0.25) is 0 Å². The number of hydrogen-bond acceptors (Lipinski definition) is 2. The van der Waals surface area contributed by atoms with E-state index in [-0.39, 0.29) is 0 Å². The Morgan fingerprint density at radius 3 is 2.38 bits per heavy atom. The molecule has 0 aliphatic heterocycles. The standard InChI is InChI=1S/C12H16ClNO2/c1-12(2,3)16-11(15)14-10(13)9-7-5-4-6-8-9/h4-8,10H,1-3H3,(H,14,15). The van der Waals surface area contributed by atoms with E-state index in [2.05, 4.69) is 5.32 Å². The third-order valence-electron chi connectivity index (χ3n) is 1.74. The van der Waals surface area contributed by atoms with Gasteiger partial charge in [0, 0.05) is 0 Å². The maximum absolute atomic E-state index is 11.4. The van der Waals surface area contributed by atoms with Crippen molar-refractivity contribution in [2.45, 2.75) is 31.9 Å². The molecule has 0 saturated heterocycles. The molecule has 0 aliphatic carbocycles. The van der Waals surface area contributed by atoms with Crippen LogP contribution in [0.5, 0.6) is 0 Å². The van der Waals surface area contributed by atoms with Crippen LogP contribution in [-0.4, -0.2) is 11.7 Å². The van der Waals surface area contributed by atoms with E-state index in [0.29, 0.717) is 0 Å². The second-order valence-electron chi connectivity index (χ2n) is 4.42. The van der Waals surface area contributed by atoms with E-state index in [1.165, 1.54) is 0 Å². The number of benzene rings is 1. The third kappa shape index (κ3) is 4.53. The lowest BCUT2D eigenvalue weighted by Crippen LogP contribution is -2.33. The Hall–Kier alpha value is -1.22. The number of rotatable bonds is 2. The monoisotopic (exact) mass is 241 g/mol. The van der Waals surface area contributed by atoms with Crippen LogP contribution in [0.2, 0.25) is 0 Å². The minimum atomic E-state index is -0.573. The molecule has 0 spiro atoms. The molecule has 3 nitrogen and oxygen atoms in total. The average molecular weight is 242 g/mol. The highest BCUT2D eigenvalue weighted by Gasteiger charge is 2.18. The topological polar surface area (TPSA) is 38.3 Å². The van der Waals surface area contributed by atoms with Gasteiger partial charge in [0.05, 0.1) is 0 Å². The molecule has 1 amide bonds. The van der Waals surface area contributed by atoms with Gasteiger partial charge in [-0.3, -0.25) is 0 Å². The molecule has 16 heavy (non-hydrogen) atoms. The van der Waals surface area contributed by atoms with Gasteiger partial charge in [0.15, 0.2) is 0 Å². The first kappa shape index (κ1) is 12.8. The summed E-state index contributed by atoms with van der Waals surface area (Å²) >= 11 is 6.02. The first-order valence-corrected chi connectivity index (χ1v) is 5.51. The van der Waals surface area contributed by atoms with Gasteiger partial charge in [-0.2, -0.15) is 0 Å². The fourth-order valence-corrected chi connectivity index (χ4v) is 1.35. The summed E-state index contributed by atoms with van der Waals surface area (Å²) in [6, 6.07) is 9.30. The molecule has 0 radical (unpaired) electrons. The zero-order valence-corrected chi connectivity index (χ0v) is 10.4. The third-order valence-corrected chi connectivity index (χ3v) is 2.10. The minimum absolute atomic E-state index is 0.516. The van der Waals surface area contributed by atoms with Crippen LogP contribution in [0.25, 0.3) is 0 Å². The van der Waals surface area contributed by atoms with Crippen LogP contribution in [0.1, 0.15) is 31.8 Å². The average Bonchev–Trinajstić information content (AvgIpc) is 2.16. The number of alkyl halides is 1. The molecule has 0 aromatic heterocycles. The SMILES string of the molecule is CC(C)(C)OC(=O)NC(Cl)c1ccccc1. The zero-order chi connectivity index (χ0) is 12.2. The summed E-state index contributed by atoms with van der Waals surface area (Å²) in [5.74, 6) is 0. The van der Waals surface area contributed by atoms with E-state index in [0.717, 1.165) is 5.56 Å². The Morgan fingerprint density at radius 1 is 1.31 bits per heavy atom. The Labute approximate surface area is 101 Å². The molecule has 1 unspecified atom stereocenters. The lowest BCUT2D eigenvalue weighted by Gasteiger charge is -2.21. The Bertz CT molecular complexity index is 346. The van der Waals surface area contributed by atoms with E-state index in [1.54, 1.807) is 20.8 Å². The first-order chi connectivity index (χ1) is 7.38. The molecule has 0 saturated carbocycles. The van der Waals surface area contributed by atoms with Gasteiger partial charge >= 0.3 is 6.09 Å². The largest absolute Gasteiger partial charge is 0.444 e. The van der Waals surface area contributed by atoms with Crippen molar-refractivity contribution in [3.05, 3.63) is 35.9 Å². The highest BCUT2D eigenvalue weighted by Crippen LogP contribution is 2.17. The summed E-state index contributed by atoms with van der Waals surface area (Å²) < 4.78 is 5.10. The van der Waals surface area contributed by atoms with Gasteiger partial charge in [-0.1, -0.05) is 41.9 Å². The predicted molar refractivity (Wildman–Crippen MR) is 64.4 cm³/mol. The highest BCUT2D eigenvalue weighted by atomic mass is 35.5. The number of ether oxygens (including phenoxy) is 1. The molecule has 1 aromatic rings. The minimum Gasteiger partial charge on any atom is -0.444 e. The van der Waals surface area contributed by atoms with Crippen LogP contribution in [0.4, 0.5) is 4.79 Å². The molecule has 1 aromatic carbocycles. The van der Waals surface area contributed by atoms with Crippen LogP contribution in [0, 0.1) is 0 Å². The molecule has 1 atom stereocenters. The Kier molecular flexibility index (Phi) is 4.19. The maximum Gasteiger partial charge on any atom is 0.409 e. The molecule has 88 valence electrons. The summed E-state index contributed by atoms with van der Waals surface area (Å²) in [6.45, 7) is 5.41. The van der Waals surface area contributed by atoms with Crippen LogP contribution in [-0.2, 0) is 4.74 Å². The lowest BCUT2D eigenvalue weighted by atomic mass is 10.2. The van der Waals surface area contributed by atoms with Gasteiger partial charge in [-0.25, -0.2) is 4.79 Å². The number of carbonyl (C=O) groups is 1. The van der Waals surface area contributed by atoms with E-state index in [9.17, 15) is 4.79 Å². The molecular weight excluding hydrogens is 226 g/mol. The molecule has 0 heterocycles. The van der Waals surface area contributed by atoms with Crippen LogP contribution in [0.15, 0.2) is 30.3 Å². The molecule has 0 aliphatic rings. The Morgan fingerprint density at radius 2 is 1.88 bits per heavy atom. The normalized spacial score (nSPS) is 13.0. The summed E-state index contributed by atoms with van der Waals surface area (Å²) in [7, 11) is 0. The lowest BCUT2D eigenvalue weighted by molar-refractivity contribution is 0.0520. The summed E-state index contributed by atoms with van der Waals surface area (Å²) in [6.07, 6.45) is -0.517. The van der Waals surface area contributed by atoms with Gasteiger partial charge in [0.1, 0.15) is 11.1 Å². The number of nitrogens with one attached hydrogen (secondary N) is 1. The van der Waals surface area contributed by atoms with Crippen LogP contribution < -0.4 is 5.32 Å². The van der Waals surface area contributed by atoms with Crippen molar-refractivity contribution < 1.29 is 9.53 Å². The number of halogens is 1. The number of amides is 1. The number of hydrogen-bond donors (Lipinski definition) is 1. The molecule has 1 rings (SSSR count). The predicted octanol–water partition coefficient (Wildman–Crippen LogP) is 3.45. The second kappa shape index (κ2) is 5.21. The van der Waals surface area contributed by atoms with Gasteiger partial charge in [-0.05, 0) is 26.3 Å². The quantitative estimate of drug-likeness (QED) is 0.636. The molecule has 1 N–H and O–H groups in total. The molecule has 0 fully saturated rings. The molecular formula is C12H16ClNO2. The van der Waals surface area contributed by atoms with Gasteiger partial charge < -0.3 is 10.1 Å². The fourth-order valence-electron chi connectivity index (χ4n) is 1.12. The van der Waals surface area contributed by atoms with Crippen molar-refractivity contribution in [1.82, 2.24) is 5.32 Å². The fraction of sp³-hybridized carbons (Fsp3) is 0.417. The van der Waals surface area contributed by atoms with Crippen molar-refractivity contribution in [2.75, 3.05) is 0 Å². The zero-order valence-electron chi connectivity index (χ0n) is 9.66. The van der Waals surface area contributed by atoms with Crippen LogP contribution in [0.3, 0.4) is 0 Å². The number of alkyl carbamates (subject to hydrolysis) is 1. The van der Waals surface area contributed by atoms with Gasteiger partial charge in [0.25, 0.3) is 0 Å². The van der Waals surface area contributed by atoms with Crippen molar-refractivity contribution in [1.29, 1.82) is 0 Å². The van der Waals surface area contributed by atoms with E-state index in [1.807, 2.05) is 30.3 Å².